The Balaban J connectivity index is 2.12. The van der Waals surface area contributed by atoms with Crippen molar-refractivity contribution in [1.82, 2.24) is 0 Å². The number of hydrogen-bond donors (Lipinski definition) is 1. The van der Waals surface area contributed by atoms with E-state index in [1.165, 1.54) is 36.4 Å². The zero-order valence-corrected chi connectivity index (χ0v) is 14.1. The van der Waals surface area contributed by atoms with Crippen LogP contribution in [-0.2, 0) is 4.79 Å². The molecule has 0 aliphatic carbocycles. The van der Waals surface area contributed by atoms with E-state index in [4.69, 9.17) is 11.6 Å². The fraction of sp³-hybridized carbons (Fsp3) is 0.0625. The van der Waals surface area contributed by atoms with Crippen molar-refractivity contribution in [1.29, 1.82) is 0 Å². The van der Waals surface area contributed by atoms with Crippen molar-refractivity contribution in [2.24, 2.45) is 0 Å². The van der Waals surface area contributed by atoms with Crippen molar-refractivity contribution in [2.45, 2.75) is 10.7 Å². The van der Waals surface area contributed by atoms with Crippen LogP contribution in [0.4, 0.5) is 20.2 Å². The molecule has 2 aromatic carbocycles. The Morgan fingerprint density at radius 3 is 2.68 bits per heavy atom. The highest BCUT2D eigenvalue weighted by Crippen LogP contribution is 2.31. The van der Waals surface area contributed by atoms with Gasteiger partial charge in [0.05, 0.1) is 10.6 Å². The molecule has 0 saturated carbocycles. The van der Waals surface area contributed by atoms with Crippen molar-refractivity contribution in [3.8, 4) is 0 Å². The van der Waals surface area contributed by atoms with E-state index in [-0.39, 0.29) is 21.3 Å². The second-order valence-electron chi connectivity index (χ2n) is 4.67. The highest BCUT2D eigenvalue weighted by atomic mass is 35.5. The largest absolute Gasteiger partial charge is 0.321 e. The number of halogens is 3. The minimum Gasteiger partial charge on any atom is -0.321 e. The molecule has 1 N–H and O–H groups in total. The number of para-hydroxylation sites is 1. The molecule has 0 bridgehead atoms. The number of hydrogen-bond acceptors (Lipinski definition) is 4. The van der Waals surface area contributed by atoms with Gasteiger partial charge in [0.15, 0.2) is 0 Å². The van der Waals surface area contributed by atoms with E-state index in [0.29, 0.717) is 17.3 Å². The lowest BCUT2D eigenvalue weighted by Gasteiger charge is -2.08. The average Bonchev–Trinajstić information content (AvgIpc) is 2.55. The van der Waals surface area contributed by atoms with Gasteiger partial charge in [-0.15, -0.1) is 0 Å². The third-order valence-corrected chi connectivity index (χ3v) is 4.06. The van der Waals surface area contributed by atoms with Crippen LogP contribution in [0.2, 0.25) is 5.02 Å². The third kappa shape index (κ3) is 5.54. The van der Waals surface area contributed by atoms with Crippen LogP contribution in [0.5, 0.6) is 0 Å². The second kappa shape index (κ2) is 8.59. The number of alkyl halides is 2. The fourth-order valence-corrected chi connectivity index (χ4v) is 2.67. The first-order valence-electron chi connectivity index (χ1n) is 6.83. The Morgan fingerprint density at radius 2 is 2.00 bits per heavy atom. The SMILES string of the molecule is O=C(/C=C/c1ccc(Cl)c([N+](=O)[O-])c1)Nc1ccccc1SC(F)F. The van der Waals surface area contributed by atoms with Gasteiger partial charge < -0.3 is 5.32 Å². The zero-order chi connectivity index (χ0) is 18.4. The molecule has 0 aliphatic heterocycles. The first-order valence-corrected chi connectivity index (χ1v) is 8.09. The molecule has 0 aliphatic rings. The molecule has 0 unspecified atom stereocenters. The summed E-state index contributed by atoms with van der Waals surface area (Å²) in [4.78, 5) is 22.4. The summed E-state index contributed by atoms with van der Waals surface area (Å²) in [6, 6.07) is 10.3. The van der Waals surface area contributed by atoms with E-state index in [2.05, 4.69) is 5.32 Å². The second-order valence-corrected chi connectivity index (χ2v) is 6.10. The number of rotatable bonds is 6. The highest BCUT2D eigenvalue weighted by molar-refractivity contribution is 7.99. The van der Waals surface area contributed by atoms with Crippen LogP contribution in [0.25, 0.3) is 6.08 Å². The summed E-state index contributed by atoms with van der Waals surface area (Å²) >= 11 is 6.04. The Labute approximate surface area is 150 Å². The van der Waals surface area contributed by atoms with Crippen LogP contribution < -0.4 is 5.32 Å². The number of benzene rings is 2. The quantitative estimate of drug-likeness (QED) is 0.321. The molecule has 1 amide bonds. The molecule has 25 heavy (non-hydrogen) atoms. The lowest BCUT2D eigenvalue weighted by molar-refractivity contribution is -0.384. The van der Waals surface area contributed by atoms with Crippen LogP contribution in [0, 0.1) is 10.1 Å². The number of nitrogens with zero attached hydrogens (tertiary/aromatic N) is 1. The van der Waals surface area contributed by atoms with E-state index in [0.717, 1.165) is 6.08 Å². The Kier molecular flexibility index (Phi) is 6.49. The number of thioether (sulfide) groups is 1. The third-order valence-electron chi connectivity index (χ3n) is 2.96. The van der Waals surface area contributed by atoms with Gasteiger partial charge in [0.1, 0.15) is 5.02 Å². The van der Waals surface area contributed by atoms with Crippen molar-refractivity contribution in [2.75, 3.05) is 5.32 Å². The molecule has 0 aromatic heterocycles. The van der Waals surface area contributed by atoms with Gasteiger partial charge in [-0.25, -0.2) is 0 Å². The van der Waals surface area contributed by atoms with Gasteiger partial charge in [0, 0.05) is 17.0 Å². The minimum absolute atomic E-state index is 0.00967. The summed E-state index contributed by atoms with van der Waals surface area (Å²) in [5.41, 5.74) is 0.383. The van der Waals surface area contributed by atoms with Gasteiger partial charge in [-0.1, -0.05) is 41.6 Å². The molecule has 0 fully saturated rings. The monoisotopic (exact) mass is 384 g/mol. The van der Waals surface area contributed by atoms with Crippen LogP contribution in [0.3, 0.4) is 0 Å². The van der Waals surface area contributed by atoms with Gasteiger partial charge >= 0.3 is 0 Å². The number of anilines is 1. The Morgan fingerprint density at radius 1 is 1.28 bits per heavy atom. The van der Waals surface area contributed by atoms with Gasteiger partial charge in [-0.3, -0.25) is 14.9 Å². The van der Waals surface area contributed by atoms with Crippen LogP contribution in [0.15, 0.2) is 53.4 Å². The summed E-state index contributed by atoms with van der Waals surface area (Å²) in [5.74, 6) is -3.16. The molecule has 130 valence electrons. The van der Waals surface area contributed by atoms with Gasteiger partial charge in [-0.2, -0.15) is 8.78 Å². The summed E-state index contributed by atoms with van der Waals surface area (Å²) in [7, 11) is 0. The molecular formula is C16H11ClF2N2O3S. The molecule has 0 heterocycles. The standard InChI is InChI=1S/C16H11ClF2N2O3S/c17-11-7-5-10(9-13(11)21(23)24)6-8-15(22)20-12-3-1-2-4-14(12)25-16(18)19/h1-9,16H,(H,20,22)/b8-6+. The van der Waals surface area contributed by atoms with Gasteiger partial charge in [0.2, 0.25) is 5.91 Å². The van der Waals surface area contributed by atoms with Crippen molar-refractivity contribution in [3.05, 3.63) is 69.2 Å². The molecule has 0 spiro atoms. The van der Waals surface area contributed by atoms with E-state index >= 15 is 0 Å². The topological polar surface area (TPSA) is 72.2 Å². The number of carbonyl (C=O) groups excluding carboxylic acids is 1. The summed E-state index contributed by atoms with van der Waals surface area (Å²) in [5, 5.41) is 13.3. The number of nitro groups is 1. The molecular weight excluding hydrogens is 374 g/mol. The lowest BCUT2D eigenvalue weighted by atomic mass is 10.2. The lowest BCUT2D eigenvalue weighted by Crippen LogP contribution is -2.08. The maximum atomic E-state index is 12.5. The highest BCUT2D eigenvalue weighted by Gasteiger charge is 2.12. The maximum Gasteiger partial charge on any atom is 0.288 e. The molecule has 2 aromatic rings. The van der Waals surface area contributed by atoms with Gasteiger partial charge in [0.25, 0.3) is 11.4 Å². The zero-order valence-electron chi connectivity index (χ0n) is 12.5. The van der Waals surface area contributed by atoms with Crippen molar-refractivity contribution in [3.63, 3.8) is 0 Å². The number of nitrogens with one attached hydrogen (secondary N) is 1. The summed E-state index contributed by atoms with van der Waals surface area (Å²) in [6.45, 7) is 0. The van der Waals surface area contributed by atoms with E-state index < -0.39 is 16.6 Å². The predicted molar refractivity (Wildman–Crippen MR) is 94.1 cm³/mol. The maximum absolute atomic E-state index is 12.5. The van der Waals surface area contributed by atoms with Crippen molar-refractivity contribution < 1.29 is 18.5 Å². The van der Waals surface area contributed by atoms with Crippen molar-refractivity contribution >= 4 is 46.7 Å². The van der Waals surface area contributed by atoms with E-state index in [1.807, 2.05) is 0 Å². The van der Waals surface area contributed by atoms with E-state index in [1.54, 1.807) is 12.1 Å². The normalized spacial score (nSPS) is 11.0. The Bertz CT molecular complexity index is 831. The predicted octanol–water partition coefficient (Wildman–Crippen LogP) is 5.21. The van der Waals surface area contributed by atoms with Gasteiger partial charge in [-0.05, 0) is 29.8 Å². The molecule has 2 rings (SSSR count). The van der Waals surface area contributed by atoms with Crippen LogP contribution in [0.1, 0.15) is 5.56 Å². The summed E-state index contributed by atoms with van der Waals surface area (Å²) in [6.07, 6.45) is 2.51. The molecule has 9 heteroatoms. The smallest absolute Gasteiger partial charge is 0.288 e. The first-order chi connectivity index (χ1) is 11.9. The summed E-state index contributed by atoms with van der Waals surface area (Å²) < 4.78 is 25.0. The van der Waals surface area contributed by atoms with Crippen LogP contribution >= 0.6 is 23.4 Å². The molecule has 5 nitrogen and oxygen atoms in total. The molecule has 0 atom stereocenters. The number of carbonyl (C=O) groups is 1. The average molecular weight is 385 g/mol. The number of nitro benzene ring substituents is 1. The van der Waals surface area contributed by atoms with E-state index in [9.17, 15) is 23.7 Å². The fourth-order valence-electron chi connectivity index (χ4n) is 1.89. The van der Waals surface area contributed by atoms with Crippen LogP contribution in [-0.4, -0.2) is 16.6 Å². The molecule has 0 radical (unpaired) electrons. The Hall–Kier alpha value is -2.45. The minimum atomic E-state index is -2.61. The first kappa shape index (κ1) is 18.9. The number of amides is 1. The molecule has 0 saturated heterocycles.